The Morgan fingerprint density at radius 3 is 2.96 bits per heavy atom. The molecule has 0 aliphatic carbocycles. The minimum Gasteiger partial charge on any atom is -0.490 e. The molecule has 1 aromatic carbocycles. The van der Waals surface area contributed by atoms with Gasteiger partial charge in [0.2, 0.25) is 4.77 Å². The average molecular weight is 437 g/mol. The van der Waals surface area contributed by atoms with Crippen LogP contribution in [0.5, 0.6) is 5.75 Å². The van der Waals surface area contributed by atoms with E-state index in [0.717, 1.165) is 21.6 Å². The Bertz CT molecular complexity index is 929. The molecule has 0 aliphatic heterocycles. The first kappa shape index (κ1) is 18.0. The van der Waals surface area contributed by atoms with Crippen molar-refractivity contribution >= 4 is 45.7 Å². The van der Waals surface area contributed by atoms with Crippen LogP contribution in [0.25, 0.3) is 0 Å². The Kier molecular flexibility index (Phi) is 5.82. The van der Waals surface area contributed by atoms with Gasteiger partial charge in [-0.15, -0.1) is 11.3 Å². The number of ether oxygens (including phenoxy) is 1. The Morgan fingerprint density at radius 2 is 2.28 bits per heavy atom. The summed E-state index contributed by atoms with van der Waals surface area (Å²) in [5.74, 6) is 1.59. The van der Waals surface area contributed by atoms with Crippen LogP contribution in [0.15, 0.2) is 45.3 Å². The van der Waals surface area contributed by atoms with Crippen molar-refractivity contribution in [2.24, 2.45) is 5.10 Å². The number of hydrogen-bond acceptors (Lipinski definition) is 5. The van der Waals surface area contributed by atoms with Crippen molar-refractivity contribution in [2.45, 2.75) is 26.4 Å². The van der Waals surface area contributed by atoms with E-state index in [0.29, 0.717) is 11.2 Å². The first-order chi connectivity index (χ1) is 12.0. The van der Waals surface area contributed by atoms with E-state index < -0.39 is 0 Å². The number of nitrogens with one attached hydrogen (secondary N) is 1. The van der Waals surface area contributed by atoms with Crippen molar-refractivity contribution in [2.75, 3.05) is 0 Å². The van der Waals surface area contributed by atoms with Gasteiger partial charge in [-0.3, -0.25) is 5.10 Å². The zero-order chi connectivity index (χ0) is 17.8. The van der Waals surface area contributed by atoms with Crippen LogP contribution < -0.4 is 4.74 Å². The number of aromatic amines is 1. The fourth-order valence-electron chi connectivity index (χ4n) is 2.20. The maximum Gasteiger partial charge on any atom is 0.216 e. The minimum absolute atomic E-state index is 0.125. The summed E-state index contributed by atoms with van der Waals surface area (Å²) in [6.07, 6.45) is 2.57. The third kappa shape index (κ3) is 4.65. The van der Waals surface area contributed by atoms with Gasteiger partial charge in [0, 0.05) is 11.3 Å². The third-order valence-corrected chi connectivity index (χ3v) is 5.03. The Labute approximate surface area is 163 Å². The number of benzene rings is 1. The van der Waals surface area contributed by atoms with Crippen LogP contribution in [0.4, 0.5) is 0 Å². The molecule has 25 heavy (non-hydrogen) atoms. The molecule has 0 saturated heterocycles. The van der Waals surface area contributed by atoms with E-state index >= 15 is 0 Å². The van der Waals surface area contributed by atoms with Crippen molar-refractivity contribution in [1.82, 2.24) is 14.9 Å². The van der Waals surface area contributed by atoms with Gasteiger partial charge in [0.25, 0.3) is 0 Å². The predicted molar refractivity (Wildman–Crippen MR) is 107 cm³/mol. The Hall–Kier alpha value is -1.77. The SMILES string of the molecule is CC(C)Oc1ccc(/C=N\n2c(Cc3cccs3)n[nH]c2=S)cc1Br. The van der Waals surface area contributed by atoms with Gasteiger partial charge >= 0.3 is 0 Å². The van der Waals surface area contributed by atoms with E-state index in [2.05, 4.69) is 37.3 Å². The molecular formula is C17H17BrN4OS2. The van der Waals surface area contributed by atoms with Gasteiger partial charge in [0.05, 0.1) is 16.8 Å². The van der Waals surface area contributed by atoms with E-state index in [1.165, 1.54) is 4.88 Å². The largest absolute Gasteiger partial charge is 0.490 e. The summed E-state index contributed by atoms with van der Waals surface area (Å²) in [4.78, 5) is 1.21. The minimum atomic E-state index is 0.125. The summed E-state index contributed by atoms with van der Waals surface area (Å²) in [5.41, 5.74) is 0.938. The fourth-order valence-corrected chi connectivity index (χ4v) is 3.59. The molecule has 0 aliphatic rings. The molecule has 8 heteroatoms. The highest BCUT2D eigenvalue weighted by atomic mass is 79.9. The van der Waals surface area contributed by atoms with Gasteiger partial charge in [-0.05, 0) is 77.2 Å². The maximum atomic E-state index is 5.72. The predicted octanol–water partition coefficient (Wildman–Crippen LogP) is 5.02. The zero-order valence-corrected chi connectivity index (χ0v) is 17.0. The van der Waals surface area contributed by atoms with Crippen LogP contribution in [0.3, 0.4) is 0 Å². The van der Waals surface area contributed by atoms with Crippen molar-refractivity contribution in [3.05, 3.63) is 61.2 Å². The highest BCUT2D eigenvalue weighted by Crippen LogP contribution is 2.26. The lowest BCUT2D eigenvalue weighted by atomic mass is 10.2. The van der Waals surface area contributed by atoms with Gasteiger partial charge in [-0.1, -0.05) is 6.07 Å². The number of aromatic nitrogens is 3. The summed E-state index contributed by atoms with van der Waals surface area (Å²) >= 11 is 10.5. The quantitative estimate of drug-likeness (QED) is 0.435. The molecule has 3 aromatic rings. The van der Waals surface area contributed by atoms with Crippen molar-refractivity contribution in [1.29, 1.82) is 0 Å². The first-order valence-corrected chi connectivity index (χ1v) is 9.80. The number of H-pyrrole nitrogens is 1. The molecule has 3 rings (SSSR count). The summed E-state index contributed by atoms with van der Waals surface area (Å²) in [6, 6.07) is 9.93. The zero-order valence-electron chi connectivity index (χ0n) is 13.8. The fraction of sp³-hybridized carbons (Fsp3) is 0.235. The maximum absolute atomic E-state index is 5.72. The molecule has 0 spiro atoms. The normalized spacial score (nSPS) is 11.5. The molecule has 2 heterocycles. The Morgan fingerprint density at radius 1 is 1.44 bits per heavy atom. The van der Waals surface area contributed by atoms with E-state index in [1.54, 1.807) is 22.2 Å². The summed E-state index contributed by atoms with van der Waals surface area (Å²) in [7, 11) is 0. The first-order valence-electron chi connectivity index (χ1n) is 7.72. The van der Waals surface area contributed by atoms with E-state index in [-0.39, 0.29) is 6.10 Å². The molecule has 1 N–H and O–H groups in total. The van der Waals surface area contributed by atoms with Crippen LogP contribution in [0.1, 0.15) is 30.1 Å². The van der Waals surface area contributed by atoms with Gasteiger partial charge in [-0.25, -0.2) is 0 Å². The molecule has 0 unspecified atom stereocenters. The molecule has 5 nitrogen and oxygen atoms in total. The average Bonchev–Trinajstić information content (AvgIpc) is 3.19. The number of rotatable bonds is 6. The molecule has 2 aromatic heterocycles. The topological polar surface area (TPSA) is 55.2 Å². The van der Waals surface area contributed by atoms with E-state index in [4.69, 9.17) is 17.0 Å². The van der Waals surface area contributed by atoms with Crippen molar-refractivity contribution in [3.63, 3.8) is 0 Å². The van der Waals surface area contributed by atoms with Gasteiger partial charge < -0.3 is 4.74 Å². The van der Waals surface area contributed by atoms with Gasteiger partial charge in [0.15, 0.2) is 5.82 Å². The molecule has 0 bridgehead atoms. The number of hydrogen-bond donors (Lipinski definition) is 1. The monoisotopic (exact) mass is 436 g/mol. The van der Waals surface area contributed by atoms with E-state index in [9.17, 15) is 0 Å². The molecule has 130 valence electrons. The van der Waals surface area contributed by atoms with Gasteiger partial charge in [0.1, 0.15) is 5.75 Å². The molecule has 0 atom stereocenters. The molecule has 0 amide bonds. The third-order valence-electron chi connectivity index (χ3n) is 3.27. The number of halogens is 1. The van der Waals surface area contributed by atoms with E-state index in [1.807, 2.05) is 43.5 Å². The number of thiophene rings is 1. The molecule has 0 radical (unpaired) electrons. The Balaban J connectivity index is 1.81. The molecule has 0 saturated carbocycles. The lowest BCUT2D eigenvalue weighted by Gasteiger charge is -2.11. The molecular weight excluding hydrogens is 420 g/mol. The summed E-state index contributed by atoms with van der Waals surface area (Å²) in [5, 5.41) is 13.6. The van der Waals surface area contributed by atoms with Crippen LogP contribution in [0, 0.1) is 4.77 Å². The lowest BCUT2D eigenvalue weighted by Crippen LogP contribution is -2.06. The second-order valence-corrected chi connectivity index (χ2v) is 7.89. The molecule has 0 fully saturated rings. The number of nitrogens with zero attached hydrogens (tertiary/aromatic N) is 3. The van der Waals surface area contributed by atoms with Crippen LogP contribution >= 0.6 is 39.5 Å². The van der Waals surface area contributed by atoms with Gasteiger partial charge in [-0.2, -0.15) is 14.9 Å². The van der Waals surface area contributed by atoms with Crippen LogP contribution in [-0.2, 0) is 6.42 Å². The highest BCUT2D eigenvalue weighted by molar-refractivity contribution is 9.10. The van der Waals surface area contributed by atoms with Crippen LogP contribution in [0.2, 0.25) is 0 Å². The summed E-state index contributed by atoms with van der Waals surface area (Å²) in [6.45, 7) is 4.00. The highest BCUT2D eigenvalue weighted by Gasteiger charge is 2.08. The van der Waals surface area contributed by atoms with Crippen LogP contribution in [-0.4, -0.2) is 27.2 Å². The second kappa shape index (κ2) is 8.07. The smallest absolute Gasteiger partial charge is 0.216 e. The van der Waals surface area contributed by atoms with Crippen molar-refractivity contribution in [3.8, 4) is 5.75 Å². The standard InChI is InChI=1S/C17H17BrN4OS2/c1-11(2)23-15-6-5-12(8-14(15)18)10-19-22-16(20-21-17(22)24)9-13-4-3-7-25-13/h3-8,10-11H,9H2,1-2H3,(H,21,24)/b19-10-. The second-order valence-electron chi connectivity index (χ2n) is 5.61. The van der Waals surface area contributed by atoms with Crippen molar-refractivity contribution < 1.29 is 4.74 Å². The lowest BCUT2D eigenvalue weighted by molar-refractivity contribution is 0.241. The summed E-state index contributed by atoms with van der Waals surface area (Å²) < 4.78 is 8.74.